The van der Waals surface area contributed by atoms with Gasteiger partial charge in [-0.25, -0.2) is 0 Å². The van der Waals surface area contributed by atoms with Crippen molar-refractivity contribution < 1.29 is 9.53 Å². The number of esters is 1. The van der Waals surface area contributed by atoms with Gasteiger partial charge < -0.3 is 4.74 Å². The zero-order chi connectivity index (χ0) is 15.4. The van der Waals surface area contributed by atoms with Gasteiger partial charge >= 0.3 is 5.97 Å². The summed E-state index contributed by atoms with van der Waals surface area (Å²) in [5.74, 6) is -0.113. The average Bonchev–Trinajstić information content (AvgIpc) is 2.54. The molecule has 0 amide bonds. The zero-order valence-corrected chi connectivity index (χ0v) is 12.8. The van der Waals surface area contributed by atoms with E-state index in [1.165, 1.54) is 5.56 Å². The molecule has 1 heterocycles. The molecule has 2 aromatic carbocycles. The number of hydrogen-bond donors (Lipinski definition) is 0. The molecule has 0 unspecified atom stereocenters. The lowest BCUT2D eigenvalue weighted by molar-refractivity contribution is -0.158. The molecule has 1 saturated heterocycles. The Bertz CT molecular complexity index is 612. The fourth-order valence-corrected chi connectivity index (χ4v) is 2.87. The second-order valence-corrected chi connectivity index (χ2v) is 5.72. The molecule has 22 heavy (non-hydrogen) atoms. The van der Waals surface area contributed by atoms with Gasteiger partial charge in [-0.3, -0.25) is 9.69 Å². The SMILES string of the molecule is C[C@@H](c1ccccc1)N1CC[C@@H]1C(=O)OCc1ccccc1. The van der Waals surface area contributed by atoms with Crippen LogP contribution in [0.4, 0.5) is 0 Å². The van der Waals surface area contributed by atoms with Crippen LogP contribution in [0.15, 0.2) is 60.7 Å². The van der Waals surface area contributed by atoms with Crippen LogP contribution in [0.2, 0.25) is 0 Å². The van der Waals surface area contributed by atoms with Gasteiger partial charge in [0.05, 0.1) is 0 Å². The third-order valence-electron chi connectivity index (χ3n) is 4.34. The Kier molecular flexibility index (Phi) is 4.54. The fraction of sp³-hybridized carbons (Fsp3) is 0.316. The van der Waals surface area contributed by atoms with E-state index in [1.54, 1.807) is 0 Å². The Balaban J connectivity index is 1.57. The van der Waals surface area contributed by atoms with Crippen molar-refractivity contribution in [3.05, 3.63) is 71.8 Å². The number of hydrogen-bond acceptors (Lipinski definition) is 3. The van der Waals surface area contributed by atoms with Crippen LogP contribution >= 0.6 is 0 Å². The van der Waals surface area contributed by atoms with Crippen LogP contribution in [0.25, 0.3) is 0 Å². The highest BCUT2D eigenvalue weighted by Crippen LogP contribution is 2.30. The standard InChI is InChI=1S/C19H21NO2/c1-15(17-10-6-3-7-11-17)20-13-12-18(20)19(21)22-14-16-8-4-2-5-9-16/h2-11,15,18H,12-14H2,1H3/t15-,18+/m0/s1. The summed E-state index contributed by atoms with van der Waals surface area (Å²) < 4.78 is 5.47. The summed E-state index contributed by atoms with van der Waals surface area (Å²) in [6.45, 7) is 3.44. The zero-order valence-electron chi connectivity index (χ0n) is 12.8. The van der Waals surface area contributed by atoms with Crippen LogP contribution in [0.1, 0.15) is 30.5 Å². The first-order chi connectivity index (χ1) is 10.8. The maximum Gasteiger partial charge on any atom is 0.323 e. The van der Waals surface area contributed by atoms with Crippen molar-refractivity contribution in [2.45, 2.75) is 32.0 Å². The largest absolute Gasteiger partial charge is 0.460 e. The van der Waals surface area contributed by atoms with E-state index in [4.69, 9.17) is 4.74 Å². The number of carbonyl (C=O) groups excluding carboxylic acids is 1. The first-order valence-corrected chi connectivity index (χ1v) is 7.77. The molecule has 0 saturated carbocycles. The van der Waals surface area contributed by atoms with Gasteiger partial charge in [0.2, 0.25) is 0 Å². The van der Waals surface area contributed by atoms with Crippen LogP contribution in [-0.2, 0) is 16.1 Å². The van der Waals surface area contributed by atoms with Gasteiger partial charge in [0.25, 0.3) is 0 Å². The van der Waals surface area contributed by atoms with Crippen LogP contribution in [0.3, 0.4) is 0 Å². The van der Waals surface area contributed by atoms with E-state index in [2.05, 4.69) is 24.0 Å². The Morgan fingerprint density at radius 3 is 2.36 bits per heavy atom. The van der Waals surface area contributed by atoms with Crippen molar-refractivity contribution in [3.63, 3.8) is 0 Å². The molecule has 0 aromatic heterocycles. The van der Waals surface area contributed by atoms with Crippen LogP contribution < -0.4 is 0 Å². The molecule has 3 nitrogen and oxygen atoms in total. The lowest BCUT2D eigenvalue weighted by Crippen LogP contribution is -2.53. The van der Waals surface area contributed by atoms with Gasteiger partial charge in [-0.05, 0) is 24.5 Å². The summed E-state index contributed by atoms with van der Waals surface area (Å²) in [5.41, 5.74) is 2.26. The molecule has 2 aromatic rings. The van der Waals surface area contributed by atoms with Crippen LogP contribution in [0, 0.1) is 0 Å². The summed E-state index contributed by atoms with van der Waals surface area (Å²) in [6.07, 6.45) is 0.880. The summed E-state index contributed by atoms with van der Waals surface area (Å²) in [7, 11) is 0. The van der Waals surface area contributed by atoms with Crippen LogP contribution in [0.5, 0.6) is 0 Å². The van der Waals surface area contributed by atoms with E-state index in [-0.39, 0.29) is 18.1 Å². The van der Waals surface area contributed by atoms with Crippen molar-refractivity contribution in [1.82, 2.24) is 4.90 Å². The predicted molar refractivity (Wildman–Crippen MR) is 86.2 cm³/mol. The van der Waals surface area contributed by atoms with Crippen molar-refractivity contribution in [3.8, 4) is 0 Å². The number of ether oxygens (including phenoxy) is 1. The highest BCUT2D eigenvalue weighted by Gasteiger charge is 2.38. The van der Waals surface area contributed by atoms with E-state index in [0.717, 1.165) is 18.5 Å². The second-order valence-electron chi connectivity index (χ2n) is 5.72. The van der Waals surface area contributed by atoms with Crippen molar-refractivity contribution in [2.75, 3.05) is 6.54 Å². The molecule has 2 atom stereocenters. The van der Waals surface area contributed by atoms with E-state index in [0.29, 0.717) is 6.61 Å². The third kappa shape index (κ3) is 3.20. The van der Waals surface area contributed by atoms with Gasteiger partial charge in [0.1, 0.15) is 12.6 Å². The Morgan fingerprint density at radius 1 is 1.14 bits per heavy atom. The molecule has 0 spiro atoms. The van der Waals surface area contributed by atoms with Gasteiger partial charge in [-0.1, -0.05) is 60.7 Å². The summed E-state index contributed by atoms with van der Waals surface area (Å²) >= 11 is 0. The maximum absolute atomic E-state index is 12.3. The van der Waals surface area contributed by atoms with E-state index >= 15 is 0 Å². The summed E-state index contributed by atoms with van der Waals surface area (Å²) in [6, 6.07) is 20.2. The van der Waals surface area contributed by atoms with Crippen molar-refractivity contribution >= 4 is 5.97 Å². The third-order valence-corrected chi connectivity index (χ3v) is 4.34. The lowest BCUT2D eigenvalue weighted by atomic mass is 9.96. The molecule has 3 rings (SSSR count). The molecule has 1 aliphatic rings. The van der Waals surface area contributed by atoms with Crippen LogP contribution in [-0.4, -0.2) is 23.5 Å². The van der Waals surface area contributed by atoms with Gasteiger partial charge in [-0.2, -0.15) is 0 Å². The smallest absolute Gasteiger partial charge is 0.323 e. The molecule has 0 aliphatic carbocycles. The first kappa shape index (κ1) is 14.8. The van der Waals surface area contributed by atoms with E-state index in [9.17, 15) is 4.79 Å². The first-order valence-electron chi connectivity index (χ1n) is 7.77. The number of likely N-dealkylation sites (tertiary alicyclic amines) is 1. The van der Waals surface area contributed by atoms with Crippen molar-refractivity contribution in [1.29, 1.82) is 0 Å². The van der Waals surface area contributed by atoms with Gasteiger partial charge in [0.15, 0.2) is 0 Å². The quantitative estimate of drug-likeness (QED) is 0.790. The Labute approximate surface area is 131 Å². The molecule has 1 fully saturated rings. The topological polar surface area (TPSA) is 29.5 Å². The Morgan fingerprint density at radius 2 is 1.77 bits per heavy atom. The molecular formula is C19H21NO2. The average molecular weight is 295 g/mol. The second kappa shape index (κ2) is 6.75. The van der Waals surface area contributed by atoms with E-state index in [1.807, 2.05) is 48.5 Å². The van der Waals surface area contributed by atoms with Crippen molar-refractivity contribution in [2.24, 2.45) is 0 Å². The number of benzene rings is 2. The normalized spacial score (nSPS) is 19.2. The number of rotatable bonds is 5. The minimum Gasteiger partial charge on any atom is -0.460 e. The van der Waals surface area contributed by atoms with E-state index < -0.39 is 0 Å². The summed E-state index contributed by atoms with van der Waals surface area (Å²) in [5, 5.41) is 0. The minimum atomic E-state index is -0.113. The fourth-order valence-electron chi connectivity index (χ4n) is 2.87. The molecule has 0 N–H and O–H groups in total. The Hall–Kier alpha value is -2.13. The predicted octanol–water partition coefficient (Wildman–Crippen LogP) is 3.57. The minimum absolute atomic E-state index is 0.112. The highest BCUT2D eigenvalue weighted by atomic mass is 16.5. The monoisotopic (exact) mass is 295 g/mol. The van der Waals surface area contributed by atoms with Gasteiger partial charge in [-0.15, -0.1) is 0 Å². The van der Waals surface area contributed by atoms with Gasteiger partial charge in [0, 0.05) is 12.6 Å². The number of carbonyl (C=O) groups is 1. The highest BCUT2D eigenvalue weighted by molar-refractivity contribution is 5.77. The molecule has 0 radical (unpaired) electrons. The summed E-state index contributed by atoms with van der Waals surface area (Å²) in [4.78, 5) is 14.5. The molecule has 0 bridgehead atoms. The lowest BCUT2D eigenvalue weighted by Gasteiger charge is -2.43. The molecule has 114 valence electrons. The molecule has 3 heteroatoms. The molecule has 1 aliphatic heterocycles. The number of nitrogens with zero attached hydrogens (tertiary/aromatic N) is 1. The molecular weight excluding hydrogens is 274 g/mol. The maximum atomic E-state index is 12.3.